The highest BCUT2D eigenvalue weighted by Crippen LogP contribution is 2.24. The van der Waals surface area contributed by atoms with Gasteiger partial charge in [0.25, 0.3) is 0 Å². The molecule has 0 bridgehead atoms. The summed E-state index contributed by atoms with van der Waals surface area (Å²) in [7, 11) is 0. The molecular formula is C21H19ClFN3O2S. The molecule has 3 aromatic rings. The van der Waals surface area contributed by atoms with Crippen LogP contribution in [0.5, 0.6) is 0 Å². The van der Waals surface area contributed by atoms with Crippen LogP contribution in [0.15, 0.2) is 54.7 Å². The van der Waals surface area contributed by atoms with Crippen molar-refractivity contribution in [2.45, 2.75) is 25.8 Å². The first-order chi connectivity index (χ1) is 13.9. The summed E-state index contributed by atoms with van der Waals surface area (Å²) in [4.78, 5) is 29.2. The van der Waals surface area contributed by atoms with Gasteiger partial charge in [-0.15, -0.1) is 11.3 Å². The van der Waals surface area contributed by atoms with Crippen molar-refractivity contribution in [2.24, 2.45) is 0 Å². The summed E-state index contributed by atoms with van der Waals surface area (Å²) in [5.74, 6) is -0.768. The summed E-state index contributed by atoms with van der Waals surface area (Å²) in [6.07, 6.45) is 2.36. The molecule has 0 spiro atoms. The summed E-state index contributed by atoms with van der Waals surface area (Å²) in [5, 5.41) is 6.61. The Morgan fingerprint density at radius 3 is 2.48 bits per heavy atom. The number of amides is 2. The van der Waals surface area contributed by atoms with Crippen LogP contribution in [0.25, 0.3) is 0 Å². The SMILES string of the molecule is CC(=O)NC(CC(=O)Nc1ncc(Cc2ccc(F)cc2)s1)c1ccc(Cl)cc1. The van der Waals surface area contributed by atoms with Gasteiger partial charge in [0.1, 0.15) is 5.82 Å². The number of nitrogens with zero attached hydrogens (tertiary/aromatic N) is 1. The second kappa shape index (κ2) is 9.62. The number of halogens is 2. The summed E-state index contributed by atoms with van der Waals surface area (Å²) in [6, 6.07) is 12.8. The van der Waals surface area contributed by atoms with Crippen molar-refractivity contribution in [2.75, 3.05) is 5.32 Å². The highest BCUT2D eigenvalue weighted by atomic mass is 35.5. The molecule has 1 atom stereocenters. The average molecular weight is 432 g/mol. The van der Waals surface area contributed by atoms with Gasteiger partial charge < -0.3 is 10.6 Å². The van der Waals surface area contributed by atoms with Crippen molar-refractivity contribution in [3.8, 4) is 0 Å². The van der Waals surface area contributed by atoms with Gasteiger partial charge in [-0.2, -0.15) is 0 Å². The Morgan fingerprint density at radius 1 is 1.14 bits per heavy atom. The Morgan fingerprint density at radius 2 is 1.83 bits per heavy atom. The van der Waals surface area contributed by atoms with Crippen LogP contribution < -0.4 is 10.6 Å². The van der Waals surface area contributed by atoms with E-state index in [2.05, 4.69) is 15.6 Å². The minimum atomic E-state index is -0.469. The molecule has 0 aliphatic carbocycles. The predicted octanol–water partition coefficient (Wildman–Crippen LogP) is 4.73. The monoisotopic (exact) mass is 431 g/mol. The smallest absolute Gasteiger partial charge is 0.228 e. The number of anilines is 1. The molecule has 5 nitrogen and oxygen atoms in total. The van der Waals surface area contributed by atoms with Gasteiger partial charge in [-0.1, -0.05) is 35.9 Å². The normalized spacial score (nSPS) is 11.7. The van der Waals surface area contributed by atoms with Crippen LogP contribution in [0.1, 0.15) is 35.4 Å². The molecule has 2 N–H and O–H groups in total. The standard InChI is InChI=1S/C21H19ClFN3O2S/c1-13(27)25-19(15-4-6-16(22)7-5-15)11-20(28)26-21-24-12-18(29-21)10-14-2-8-17(23)9-3-14/h2-9,12,19H,10-11H2,1H3,(H,25,27)(H,24,26,28). The van der Waals surface area contributed by atoms with Crippen molar-refractivity contribution in [3.63, 3.8) is 0 Å². The zero-order valence-corrected chi connectivity index (χ0v) is 17.2. The number of carbonyl (C=O) groups excluding carboxylic acids is 2. The van der Waals surface area contributed by atoms with Gasteiger partial charge in [0.05, 0.1) is 12.5 Å². The van der Waals surface area contributed by atoms with Gasteiger partial charge in [0.15, 0.2) is 5.13 Å². The third kappa shape index (κ3) is 6.37. The quantitative estimate of drug-likeness (QED) is 0.568. The number of thiazole rings is 1. The maximum Gasteiger partial charge on any atom is 0.228 e. The van der Waals surface area contributed by atoms with E-state index in [0.717, 1.165) is 16.0 Å². The zero-order valence-electron chi connectivity index (χ0n) is 15.6. The van der Waals surface area contributed by atoms with Crippen molar-refractivity contribution in [1.29, 1.82) is 0 Å². The average Bonchev–Trinajstić information content (AvgIpc) is 3.10. The minimum Gasteiger partial charge on any atom is -0.349 e. The van der Waals surface area contributed by atoms with E-state index in [-0.39, 0.29) is 24.1 Å². The fraction of sp³-hybridized carbons (Fsp3) is 0.190. The van der Waals surface area contributed by atoms with E-state index >= 15 is 0 Å². The third-order valence-corrected chi connectivity index (χ3v) is 5.30. The van der Waals surface area contributed by atoms with Crippen molar-refractivity contribution in [3.05, 3.63) is 81.6 Å². The molecular weight excluding hydrogens is 413 g/mol. The second-order valence-electron chi connectivity index (χ2n) is 6.49. The maximum absolute atomic E-state index is 13.0. The van der Waals surface area contributed by atoms with Gasteiger partial charge in [0.2, 0.25) is 11.8 Å². The molecule has 0 saturated carbocycles. The molecule has 1 heterocycles. The summed E-state index contributed by atoms with van der Waals surface area (Å²) in [6.45, 7) is 1.41. The Hall–Kier alpha value is -2.77. The Bertz CT molecular complexity index is 990. The summed E-state index contributed by atoms with van der Waals surface area (Å²) < 4.78 is 13.0. The second-order valence-corrected chi connectivity index (χ2v) is 8.04. The first-order valence-corrected chi connectivity index (χ1v) is 10.1. The van der Waals surface area contributed by atoms with Crippen LogP contribution in [-0.4, -0.2) is 16.8 Å². The molecule has 0 saturated heterocycles. The molecule has 29 heavy (non-hydrogen) atoms. The summed E-state index contributed by atoms with van der Waals surface area (Å²) in [5.41, 5.74) is 1.75. The topological polar surface area (TPSA) is 71.1 Å². The number of rotatable bonds is 7. The van der Waals surface area contributed by atoms with E-state index in [1.807, 2.05) is 0 Å². The lowest BCUT2D eigenvalue weighted by molar-refractivity contribution is -0.120. The van der Waals surface area contributed by atoms with Crippen LogP contribution in [-0.2, 0) is 16.0 Å². The molecule has 1 unspecified atom stereocenters. The van der Waals surface area contributed by atoms with Gasteiger partial charge in [-0.25, -0.2) is 9.37 Å². The van der Waals surface area contributed by atoms with Gasteiger partial charge >= 0.3 is 0 Å². The maximum atomic E-state index is 13.0. The molecule has 8 heteroatoms. The summed E-state index contributed by atoms with van der Waals surface area (Å²) >= 11 is 7.27. The fourth-order valence-corrected chi connectivity index (χ4v) is 3.79. The lowest BCUT2D eigenvalue weighted by atomic mass is 10.0. The van der Waals surface area contributed by atoms with E-state index in [0.29, 0.717) is 16.6 Å². The van der Waals surface area contributed by atoms with E-state index in [1.165, 1.54) is 30.4 Å². The van der Waals surface area contributed by atoms with Crippen LogP contribution in [0.4, 0.5) is 9.52 Å². The van der Waals surface area contributed by atoms with E-state index in [1.54, 1.807) is 42.6 Å². The highest BCUT2D eigenvalue weighted by Gasteiger charge is 2.18. The Balaban J connectivity index is 1.62. The van der Waals surface area contributed by atoms with Crippen LogP contribution in [0, 0.1) is 5.82 Å². The van der Waals surface area contributed by atoms with Crippen molar-refractivity contribution in [1.82, 2.24) is 10.3 Å². The molecule has 0 fully saturated rings. The van der Waals surface area contributed by atoms with Crippen LogP contribution >= 0.6 is 22.9 Å². The molecule has 0 aliphatic heterocycles. The van der Waals surface area contributed by atoms with E-state index < -0.39 is 6.04 Å². The van der Waals surface area contributed by atoms with Crippen LogP contribution in [0.2, 0.25) is 5.02 Å². The number of hydrogen-bond donors (Lipinski definition) is 2. The molecule has 0 aliphatic rings. The largest absolute Gasteiger partial charge is 0.349 e. The van der Waals surface area contributed by atoms with E-state index in [9.17, 15) is 14.0 Å². The van der Waals surface area contributed by atoms with E-state index in [4.69, 9.17) is 11.6 Å². The highest BCUT2D eigenvalue weighted by molar-refractivity contribution is 7.15. The number of hydrogen-bond acceptors (Lipinski definition) is 4. The lowest BCUT2D eigenvalue weighted by Crippen LogP contribution is -2.29. The number of carbonyl (C=O) groups is 2. The minimum absolute atomic E-state index is 0.0636. The predicted molar refractivity (Wildman–Crippen MR) is 113 cm³/mol. The molecule has 3 rings (SSSR count). The first-order valence-electron chi connectivity index (χ1n) is 8.90. The molecule has 2 aromatic carbocycles. The first kappa shape index (κ1) is 21.0. The van der Waals surface area contributed by atoms with Crippen LogP contribution in [0.3, 0.4) is 0 Å². The fourth-order valence-electron chi connectivity index (χ4n) is 2.80. The Kier molecular flexibility index (Phi) is 6.95. The number of nitrogens with one attached hydrogen (secondary N) is 2. The molecule has 1 aromatic heterocycles. The molecule has 150 valence electrons. The third-order valence-electron chi connectivity index (χ3n) is 4.13. The van der Waals surface area contributed by atoms with Crippen molar-refractivity contribution < 1.29 is 14.0 Å². The lowest BCUT2D eigenvalue weighted by Gasteiger charge is -2.17. The van der Waals surface area contributed by atoms with Gasteiger partial charge in [-0.05, 0) is 35.4 Å². The van der Waals surface area contributed by atoms with Gasteiger partial charge in [-0.3, -0.25) is 9.59 Å². The molecule has 2 amide bonds. The number of aromatic nitrogens is 1. The number of benzene rings is 2. The van der Waals surface area contributed by atoms with Gasteiger partial charge in [0, 0.05) is 29.4 Å². The molecule has 0 radical (unpaired) electrons. The Labute approximate surface area is 176 Å². The zero-order chi connectivity index (χ0) is 20.8. The van der Waals surface area contributed by atoms with Crippen molar-refractivity contribution >= 4 is 39.9 Å².